The maximum absolute atomic E-state index is 13.2. The SMILES string of the molecule is O=S(=O)(O)c1cccc(Nc2nc(N=C(c3ccccc3S(=O)(=O)O)C(Nc3nc(Nc4cccc(S(=O)(=O)O)c4)nc(Nc4ccccc4O)n3)c3ccccc3S(=O)(=O)O)nc(Nc3ccccc3O)n2)c1. The van der Waals surface area contributed by atoms with E-state index in [1.165, 1.54) is 97.1 Å². The fourth-order valence-corrected chi connectivity index (χ4v) is 9.36. The summed E-state index contributed by atoms with van der Waals surface area (Å²) in [6.07, 6.45) is 0. The fraction of sp³-hybridized carbons (Fsp3) is 0.0227. The molecule has 8 rings (SSSR count). The first-order chi connectivity index (χ1) is 35.0. The number of rotatable bonds is 18. The molecule has 0 bridgehead atoms. The first-order valence-corrected chi connectivity index (χ1v) is 26.5. The van der Waals surface area contributed by atoms with Crippen LogP contribution in [-0.4, -0.2) is 97.7 Å². The van der Waals surface area contributed by atoms with Crippen LogP contribution in [0.4, 0.5) is 58.4 Å². The van der Waals surface area contributed by atoms with Crippen molar-refractivity contribution < 1.29 is 62.1 Å². The van der Waals surface area contributed by atoms with Crippen LogP contribution in [0.2, 0.25) is 0 Å². The molecular weight excluding hydrogens is 1050 g/mol. The van der Waals surface area contributed by atoms with Crippen molar-refractivity contribution in [1.29, 1.82) is 0 Å². The molecule has 30 heteroatoms. The average Bonchev–Trinajstić information content (AvgIpc) is 3.33. The monoisotopic (exact) mass is 1080 g/mol. The summed E-state index contributed by atoms with van der Waals surface area (Å²) in [6, 6.07) is 29.0. The Morgan fingerprint density at radius 2 is 0.851 bits per heavy atom. The summed E-state index contributed by atoms with van der Waals surface area (Å²) >= 11 is 0. The van der Waals surface area contributed by atoms with Crippen LogP contribution in [0.15, 0.2) is 170 Å². The van der Waals surface area contributed by atoms with Crippen LogP contribution in [0, 0.1) is 0 Å². The summed E-state index contributed by atoms with van der Waals surface area (Å²) in [5, 5.41) is 35.4. The highest BCUT2D eigenvalue weighted by molar-refractivity contribution is 7.86. The molecule has 0 aliphatic heterocycles. The van der Waals surface area contributed by atoms with Gasteiger partial charge in [0.25, 0.3) is 46.4 Å². The molecule has 11 N–H and O–H groups in total. The van der Waals surface area contributed by atoms with Crippen molar-refractivity contribution in [3.63, 3.8) is 0 Å². The lowest BCUT2D eigenvalue weighted by Crippen LogP contribution is -2.27. The molecule has 1 unspecified atom stereocenters. The van der Waals surface area contributed by atoms with Crippen LogP contribution in [0.3, 0.4) is 0 Å². The first-order valence-electron chi connectivity index (χ1n) is 20.8. The maximum Gasteiger partial charge on any atom is 0.295 e. The quantitative estimate of drug-likeness (QED) is 0.0251. The molecule has 1 atom stereocenters. The average molecular weight is 1090 g/mol. The molecule has 0 spiro atoms. The zero-order valence-corrected chi connectivity index (χ0v) is 40.4. The second-order valence-electron chi connectivity index (χ2n) is 15.2. The minimum absolute atomic E-state index is 0.000538. The minimum atomic E-state index is -5.21. The van der Waals surface area contributed by atoms with Crippen LogP contribution in [0.25, 0.3) is 0 Å². The van der Waals surface area contributed by atoms with Crippen LogP contribution < -0.4 is 26.6 Å². The number of para-hydroxylation sites is 4. The summed E-state index contributed by atoms with van der Waals surface area (Å²) in [6.45, 7) is 0. The fourth-order valence-electron chi connectivity index (χ4n) is 6.87. The van der Waals surface area contributed by atoms with Gasteiger partial charge < -0.3 is 36.8 Å². The Balaban J connectivity index is 1.39. The number of hydrogen-bond acceptors (Lipinski definition) is 22. The molecule has 0 radical (unpaired) electrons. The third kappa shape index (κ3) is 12.6. The number of phenolic OH excluding ortho intramolecular Hbond substituents is 2. The Morgan fingerprint density at radius 1 is 0.432 bits per heavy atom. The topological polar surface area (TPSA) is 408 Å². The highest BCUT2D eigenvalue weighted by Crippen LogP contribution is 2.35. The van der Waals surface area contributed by atoms with Crippen molar-refractivity contribution in [2.24, 2.45) is 4.99 Å². The predicted molar refractivity (Wildman–Crippen MR) is 267 cm³/mol. The summed E-state index contributed by atoms with van der Waals surface area (Å²) in [5.41, 5.74) is -1.30. The molecule has 0 saturated heterocycles. The third-order valence-electron chi connectivity index (χ3n) is 10.1. The van der Waals surface area contributed by atoms with Crippen molar-refractivity contribution >= 4 is 105 Å². The highest BCUT2D eigenvalue weighted by atomic mass is 32.2. The van der Waals surface area contributed by atoms with E-state index in [-0.39, 0.29) is 57.7 Å². The zero-order chi connectivity index (χ0) is 53.0. The van der Waals surface area contributed by atoms with Gasteiger partial charge in [0.2, 0.25) is 29.7 Å². The number of hydrogen-bond donors (Lipinski definition) is 11. The van der Waals surface area contributed by atoms with Gasteiger partial charge in [0.1, 0.15) is 16.4 Å². The summed E-state index contributed by atoms with van der Waals surface area (Å²) < 4.78 is 142. The zero-order valence-electron chi connectivity index (χ0n) is 37.1. The number of aliphatic imine (C=N–C) groups is 1. The summed E-state index contributed by atoms with van der Waals surface area (Å²) in [7, 11) is -19.9. The smallest absolute Gasteiger partial charge is 0.295 e. The molecule has 26 nitrogen and oxygen atoms in total. The van der Waals surface area contributed by atoms with Crippen molar-refractivity contribution in [2.45, 2.75) is 25.6 Å². The van der Waals surface area contributed by atoms with Crippen LogP contribution in [0.5, 0.6) is 11.5 Å². The van der Waals surface area contributed by atoms with Gasteiger partial charge in [-0.2, -0.15) is 63.6 Å². The number of aromatic hydroxyl groups is 2. The summed E-state index contributed by atoms with van der Waals surface area (Å²) in [5.74, 6) is -3.21. The lowest BCUT2D eigenvalue weighted by atomic mass is 9.96. The first kappa shape index (κ1) is 51.6. The molecule has 0 aliphatic carbocycles. The van der Waals surface area contributed by atoms with Crippen LogP contribution >= 0.6 is 0 Å². The van der Waals surface area contributed by atoms with Crippen molar-refractivity contribution in [3.05, 3.63) is 157 Å². The standard InChI is InChI=1S/C44H36N12O14S4/c57-33-19-5-3-17-31(33)47-41-51-39(45-25-11-9-13-27(23-25)71(59,60)61)53-43(55-41)49-37(29-15-1-7-21-35(29)73(65,66)67)38(30-16-2-8-22-36(30)74(68,69)70)50-44-54-40(46-26-12-10-14-28(24-26)72(62,63)64)52-42(56-44)48-32-18-4-6-20-34(32)58/h1-24,37,57-58H,(H,59,60,61)(H,62,63,64)(H,65,66,67)(H,68,69,70)(H2,46,48,52,54,56)(H3,45,47,49,51,53,55). The largest absolute Gasteiger partial charge is 0.506 e. The Hall–Kier alpha value is -8.75. The number of phenols is 2. The van der Waals surface area contributed by atoms with Crippen molar-refractivity contribution in [3.8, 4) is 11.5 Å². The van der Waals surface area contributed by atoms with E-state index in [4.69, 9.17) is 0 Å². The van der Waals surface area contributed by atoms with Gasteiger partial charge in [-0.3, -0.25) is 18.2 Å². The lowest BCUT2D eigenvalue weighted by molar-refractivity contribution is 0.477. The molecule has 0 amide bonds. The molecule has 380 valence electrons. The van der Waals surface area contributed by atoms with Gasteiger partial charge in [0, 0.05) is 22.5 Å². The number of anilines is 9. The van der Waals surface area contributed by atoms with E-state index in [0.717, 1.165) is 36.4 Å². The molecular formula is C44H36N12O14S4. The Bertz CT molecular complexity index is 3970. The van der Waals surface area contributed by atoms with Gasteiger partial charge in [-0.05, 0) is 72.8 Å². The second-order valence-corrected chi connectivity index (χ2v) is 20.8. The van der Waals surface area contributed by atoms with Gasteiger partial charge in [-0.25, -0.2) is 4.99 Å². The number of benzene rings is 6. The Morgan fingerprint density at radius 3 is 1.35 bits per heavy atom. The number of nitrogens with one attached hydrogen (secondary N) is 5. The normalized spacial score (nSPS) is 12.6. The van der Waals surface area contributed by atoms with Gasteiger partial charge in [0.15, 0.2) is 0 Å². The highest BCUT2D eigenvalue weighted by Gasteiger charge is 2.32. The molecule has 2 heterocycles. The van der Waals surface area contributed by atoms with E-state index >= 15 is 0 Å². The Kier molecular flexibility index (Phi) is 14.5. The minimum Gasteiger partial charge on any atom is -0.506 e. The molecule has 6 aromatic carbocycles. The van der Waals surface area contributed by atoms with Gasteiger partial charge in [-0.1, -0.05) is 72.8 Å². The molecule has 2 aromatic heterocycles. The van der Waals surface area contributed by atoms with Gasteiger partial charge in [0.05, 0.1) is 37.8 Å². The van der Waals surface area contributed by atoms with Crippen LogP contribution in [0.1, 0.15) is 17.2 Å². The van der Waals surface area contributed by atoms with Crippen molar-refractivity contribution in [1.82, 2.24) is 29.9 Å². The van der Waals surface area contributed by atoms with Gasteiger partial charge in [-0.15, -0.1) is 0 Å². The van der Waals surface area contributed by atoms with Gasteiger partial charge >= 0.3 is 0 Å². The van der Waals surface area contributed by atoms with Crippen molar-refractivity contribution in [2.75, 3.05) is 26.6 Å². The van der Waals surface area contributed by atoms with E-state index in [0.29, 0.717) is 0 Å². The van der Waals surface area contributed by atoms with E-state index in [2.05, 4.69) is 61.5 Å². The molecule has 0 fully saturated rings. The van der Waals surface area contributed by atoms with E-state index in [1.54, 1.807) is 12.1 Å². The third-order valence-corrected chi connectivity index (χ3v) is 13.6. The molecule has 0 saturated carbocycles. The molecule has 8 aromatic rings. The molecule has 0 aliphatic rings. The second kappa shape index (κ2) is 20.8. The number of nitrogens with zero attached hydrogens (tertiary/aromatic N) is 7. The van der Waals surface area contributed by atoms with E-state index < -0.39 is 95.2 Å². The molecule has 74 heavy (non-hydrogen) atoms. The van der Waals surface area contributed by atoms with E-state index in [1.807, 2.05) is 0 Å². The maximum atomic E-state index is 13.2. The number of aromatic nitrogens is 6. The summed E-state index contributed by atoms with van der Waals surface area (Å²) in [4.78, 5) is 28.2. The predicted octanol–water partition coefficient (Wildman–Crippen LogP) is 6.40. The Labute approximate surface area is 420 Å². The van der Waals surface area contributed by atoms with Crippen LogP contribution in [-0.2, 0) is 40.5 Å². The van der Waals surface area contributed by atoms with E-state index in [9.17, 15) is 62.1 Å². The lowest BCUT2D eigenvalue weighted by Gasteiger charge is -2.24.